The maximum absolute atomic E-state index is 13.0. The molecular weight excluding hydrogens is 549 g/mol. The second kappa shape index (κ2) is 13.3. The van der Waals surface area contributed by atoms with Gasteiger partial charge in [0.25, 0.3) is 0 Å². The molecule has 0 bridgehead atoms. The van der Waals surface area contributed by atoms with Gasteiger partial charge in [-0.3, -0.25) is 4.79 Å². The van der Waals surface area contributed by atoms with E-state index in [1.54, 1.807) is 11.0 Å². The summed E-state index contributed by atoms with van der Waals surface area (Å²) in [4.78, 5) is 27.3. The minimum Gasteiger partial charge on any atom is -0.512 e. The van der Waals surface area contributed by atoms with E-state index < -0.39 is 13.9 Å². The molecule has 1 aliphatic rings. The molecule has 1 saturated carbocycles. The molecule has 0 saturated heterocycles. The molecule has 8 heteroatoms. The average Bonchev–Trinajstić information content (AvgIpc) is 2.65. The summed E-state index contributed by atoms with van der Waals surface area (Å²) in [6.07, 6.45) is 4.09. The minimum absolute atomic E-state index is 0.00353. The van der Waals surface area contributed by atoms with Gasteiger partial charge < -0.3 is 19.2 Å². The SMILES string of the molecule is C=CC[C@H]1/C(=C(/O)CCCN(CCCI)C(=O)OC(C)(C)C)C(=O)C[C@H](C)[C@@H]1O[Si](C)(C)C. The molecule has 1 fully saturated rings. The summed E-state index contributed by atoms with van der Waals surface area (Å²) in [5.74, 6) is 0.0326. The minimum atomic E-state index is -1.84. The number of Topliss-reactive ketones (excluding diaryl/α,β-unsaturated/α-hetero) is 1. The summed E-state index contributed by atoms with van der Waals surface area (Å²) in [5.41, 5.74) is -0.0644. The zero-order chi connectivity index (χ0) is 25.4. The summed E-state index contributed by atoms with van der Waals surface area (Å²) < 4.78 is 13.0. The lowest BCUT2D eigenvalue weighted by Crippen LogP contribution is -2.45. The number of carbonyl (C=O) groups is 2. The number of ketones is 1. The van der Waals surface area contributed by atoms with Crippen LogP contribution in [0.15, 0.2) is 24.0 Å². The first-order valence-corrected chi connectivity index (χ1v) is 16.9. The van der Waals surface area contributed by atoms with E-state index in [0.717, 1.165) is 10.8 Å². The quantitative estimate of drug-likeness (QED) is 0.0724. The van der Waals surface area contributed by atoms with E-state index in [-0.39, 0.29) is 35.6 Å². The first-order chi connectivity index (χ1) is 15.2. The van der Waals surface area contributed by atoms with Crippen molar-refractivity contribution in [2.75, 3.05) is 17.5 Å². The predicted octanol–water partition coefficient (Wildman–Crippen LogP) is 6.66. The number of hydrogen-bond acceptors (Lipinski definition) is 5. The standard InChI is InChI=1S/C25H44INO5Si/c1-9-12-19-22(21(29)17-18(2)23(19)32-33(6,7)8)20(28)13-10-15-27(16-11-14-26)24(30)31-25(3,4)5/h9,18-19,23,28H,1,10-17H2,2-8H3/b22-20-/t18-,19-,23-/m0/s1. The van der Waals surface area contributed by atoms with Crippen LogP contribution in [-0.4, -0.2) is 59.4 Å². The summed E-state index contributed by atoms with van der Waals surface area (Å²) >= 11 is 2.29. The summed E-state index contributed by atoms with van der Waals surface area (Å²) in [6.45, 7) is 19.0. The maximum atomic E-state index is 13.0. The molecule has 1 aliphatic carbocycles. The lowest BCUT2D eigenvalue weighted by molar-refractivity contribution is -0.121. The lowest BCUT2D eigenvalue weighted by Gasteiger charge is -2.41. The van der Waals surface area contributed by atoms with Gasteiger partial charge in [-0.25, -0.2) is 4.79 Å². The molecule has 6 nitrogen and oxygen atoms in total. The van der Waals surface area contributed by atoms with Crippen molar-refractivity contribution in [1.82, 2.24) is 4.90 Å². The largest absolute Gasteiger partial charge is 0.512 e. The smallest absolute Gasteiger partial charge is 0.410 e. The van der Waals surface area contributed by atoms with Crippen LogP contribution in [0, 0.1) is 11.8 Å². The highest BCUT2D eigenvalue weighted by Gasteiger charge is 2.42. The molecule has 0 aromatic rings. The fourth-order valence-corrected chi connectivity index (χ4v) is 5.70. The summed E-state index contributed by atoms with van der Waals surface area (Å²) in [5, 5.41) is 11.0. The Kier molecular flexibility index (Phi) is 12.1. The molecule has 0 spiro atoms. The van der Waals surface area contributed by atoms with Crippen LogP contribution in [0.4, 0.5) is 4.79 Å². The second-order valence-electron chi connectivity index (χ2n) is 10.9. The number of alkyl halides is 1. The molecule has 0 aromatic heterocycles. The van der Waals surface area contributed by atoms with Gasteiger partial charge in [-0.05, 0) is 65.6 Å². The molecule has 3 atom stereocenters. The van der Waals surface area contributed by atoms with Crippen LogP contribution in [0.3, 0.4) is 0 Å². The molecular formula is C25H44INO5Si. The Bertz CT molecular complexity index is 711. The maximum Gasteiger partial charge on any atom is 0.410 e. The molecule has 190 valence electrons. The van der Waals surface area contributed by atoms with Crippen LogP contribution in [0.1, 0.15) is 59.8 Å². The number of halogens is 1. The number of ether oxygens (including phenoxy) is 1. The van der Waals surface area contributed by atoms with E-state index in [4.69, 9.17) is 9.16 Å². The zero-order valence-corrected chi connectivity index (χ0v) is 24.7. The van der Waals surface area contributed by atoms with E-state index in [2.05, 4.69) is 55.7 Å². The Morgan fingerprint density at radius 2 is 1.88 bits per heavy atom. The number of amides is 1. The molecule has 1 N–H and O–H groups in total. The molecule has 0 radical (unpaired) electrons. The first-order valence-electron chi connectivity index (χ1n) is 12.0. The highest BCUT2D eigenvalue weighted by atomic mass is 127. The number of hydrogen-bond donors (Lipinski definition) is 1. The molecule has 1 amide bonds. The van der Waals surface area contributed by atoms with Crippen LogP contribution < -0.4 is 0 Å². The normalized spacial score (nSPS) is 23.3. The van der Waals surface area contributed by atoms with Gasteiger partial charge in [0.05, 0.1) is 11.9 Å². The van der Waals surface area contributed by atoms with Crippen LogP contribution in [0.2, 0.25) is 19.6 Å². The van der Waals surface area contributed by atoms with Gasteiger partial charge >= 0.3 is 6.09 Å². The number of aliphatic hydroxyl groups is 1. The van der Waals surface area contributed by atoms with Crippen molar-refractivity contribution in [2.24, 2.45) is 11.8 Å². The van der Waals surface area contributed by atoms with Crippen molar-refractivity contribution in [1.29, 1.82) is 0 Å². The monoisotopic (exact) mass is 593 g/mol. The Labute approximate surface area is 215 Å². The van der Waals surface area contributed by atoms with Gasteiger partial charge in [0.2, 0.25) is 0 Å². The topological polar surface area (TPSA) is 76.1 Å². The van der Waals surface area contributed by atoms with Crippen molar-refractivity contribution in [3.8, 4) is 0 Å². The molecule has 0 heterocycles. The van der Waals surface area contributed by atoms with E-state index >= 15 is 0 Å². The highest BCUT2D eigenvalue weighted by molar-refractivity contribution is 14.1. The first kappa shape index (κ1) is 30.2. The number of nitrogens with zero attached hydrogens (tertiary/aromatic N) is 1. The molecule has 33 heavy (non-hydrogen) atoms. The number of aliphatic hydroxyl groups excluding tert-OH is 1. The molecule has 0 aliphatic heterocycles. The van der Waals surface area contributed by atoms with Crippen LogP contribution >= 0.6 is 22.6 Å². The third kappa shape index (κ3) is 10.5. The second-order valence-corrected chi connectivity index (χ2v) is 16.4. The van der Waals surface area contributed by atoms with E-state index in [0.29, 0.717) is 44.3 Å². The van der Waals surface area contributed by atoms with Crippen molar-refractivity contribution in [2.45, 2.75) is 91.1 Å². The van der Waals surface area contributed by atoms with Crippen LogP contribution in [0.5, 0.6) is 0 Å². The summed E-state index contributed by atoms with van der Waals surface area (Å²) in [7, 11) is -1.84. The van der Waals surface area contributed by atoms with E-state index in [1.165, 1.54) is 0 Å². The zero-order valence-electron chi connectivity index (χ0n) is 21.6. The van der Waals surface area contributed by atoms with E-state index in [9.17, 15) is 14.7 Å². The van der Waals surface area contributed by atoms with Gasteiger partial charge in [-0.2, -0.15) is 0 Å². The molecule has 0 aromatic carbocycles. The van der Waals surface area contributed by atoms with Gasteiger partial charge in [-0.1, -0.05) is 35.6 Å². The van der Waals surface area contributed by atoms with Gasteiger partial charge in [0.15, 0.2) is 14.1 Å². The third-order valence-electron chi connectivity index (χ3n) is 5.41. The number of carbonyl (C=O) groups excluding carboxylic acids is 2. The Hall–Kier alpha value is -0.873. The number of allylic oxidation sites excluding steroid dienone is 2. The van der Waals surface area contributed by atoms with Crippen molar-refractivity contribution < 1.29 is 23.9 Å². The Balaban J connectivity index is 3.01. The molecule has 0 unspecified atom stereocenters. The summed E-state index contributed by atoms with van der Waals surface area (Å²) in [6, 6.07) is 0. The van der Waals surface area contributed by atoms with Gasteiger partial charge in [-0.15, -0.1) is 6.58 Å². The van der Waals surface area contributed by atoms with E-state index in [1.807, 2.05) is 20.8 Å². The Morgan fingerprint density at radius 3 is 2.39 bits per heavy atom. The highest BCUT2D eigenvalue weighted by Crippen LogP contribution is 2.39. The fourth-order valence-electron chi connectivity index (χ4n) is 4.14. The van der Waals surface area contributed by atoms with Crippen LogP contribution in [0.25, 0.3) is 0 Å². The fraction of sp³-hybridized carbons (Fsp3) is 0.760. The number of rotatable bonds is 11. The lowest BCUT2D eigenvalue weighted by atomic mass is 9.73. The van der Waals surface area contributed by atoms with Crippen molar-refractivity contribution >= 4 is 42.8 Å². The van der Waals surface area contributed by atoms with Gasteiger partial charge in [0, 0.05) is 41.8 Å². The third-order valence-corrected chi connectivity index (χ3v) is 7.15. The van der Waals surface area contributed by atoms with Crippen molar-refractivity contribution in [3.05, 3.63) is 24.0 Å². The molecule has 1 rings (SSSR count). The Morgan fingerprint density at radius 1 is 1.27 bits per heavy atom. The van der Waals surface area contributed by atoms with Crippen LogP contribution in [-0.2, 0) is 14.0 Å². The predicted molar refractivity (Wildman–Crippen MR) is 146 cm³/mol. The van der Waals surface area contributed by atoms with Gasteiger partial charge in [0.1, 0.15) is 5.60 Å². The average molecular weight is 594 g/mol. The van der Waals surface area contributed by atoms with Crippen molar-refractivity contribution in [3.63, 3.8) is 0 Å².